The fourth-order valence-electron chi connectivity index (χ4n) is 5.04. The average molecular weight is 543 g/mol. The lowest BCUT2D eigenvalue weighted by Crippen LogP contribution is -2.47. The number of hydrogen-bond acceptors (Lipinski definition) is 9. The van der Waals surface area contributed by atoms with Crippen LogP contribution in [0.4, 0.5) is 16.2 Å². The van der Waals surface area contributed by atoms with Crippen LogP contribution in [-0.4, -0.2) is 72.1 Å². The summed E-state index contributed by atoms with van der Waals surface area (Å²) < 4.78 is 15.1. The number of nitrogens with two attached hydrogens (primary N) is 1. The van der Waals surface area contributed by atoms with Crippen LogP contribution in [0.15, 0.2) is 61.4 Å². The number of anilines is 2. The smallest absolute Gasteiger partial charge is 0.225 e. The molecule has 1 aliphatic rings. The highest BCUT2D eigenvalue weighted by Gasteiger charge is 2.26. The first-order chi connectivity index (χ1) is 19.3. The number of rotatable bonds is 7. The maximum absolute atomic E-state index is 13.4. The quantitative estimate of drug-likeness (QED) is 0.283. The van der Waals surface area contributed by atoms with E-state index in [2.05, 4.69) is 39.8 Å². The number of halogens is 1. The third kappa shape index (κ3) is 4.98. The molecule has 5 aromatic rings. The van der Waals surface area contributed by atoms with Gasteiger partial charge >= 0.3 is 0 Å². The molecule has 1 aliphatic heterocycles. The molecule has 2 unspecified atom stereocenters. The van der Waals surface area contributed by atoms with E-state index in [-0.39, 0.29) is 5.82 Å². The van der Waals surface area contributed by atoms with Gasteiger partial charge in [-0.05, 0) is 37.6 Å². The Morgan fingerprint density at radius 2 is 1.70 bits per heavy atom. The van der Waals surface area contributed by atoms with Gasteiger partial charge in [-0.25, -0.2) is 24.3 Å². The van der Waals surface area contributed by atoms with Crippen LogP contribution in [-0.2, 0) is 12.1 Å². The van der Waals surface area contributed by atoms with E-state index in [4.69, 9.17) is 5.73 Å². The highest BCUT2D eigenvalue weighted by atomic mass is 19.1. The van der Waals surface area contributed by atoms with Crippen molar-refractivity contribution < 1.29 is 9.50 Å². The number of nitrogens with zero attached hydrogens (tertiary/aromatic N) is 8. The normalized spacial score (nSPS) is 16.3. The molecule has 4 N–H and O–H groups in total. The van der Waals surface area contributed by atoms with Gasteiger partial charge in [-0.1, -0.05) is 12.1 Å². The summed E-state index contributed by atoms with van der Waals surface area (Å²) in [4.78, 5) is 26.0. The second-order valence-electron chi connectivity index (χ2n) is 10.4. The zero-order chi connectivity index (χ0) is 27.9. The molecule has 0 spiro atoms. The molecular formula is C28H31FN10O. The summed E-state index contributed by atoms with van der Waals surface area (Å²) in [5.74, 6) is 1.22. The highest BCUT2D eigenvalue weighted by Crippen LogP contribution is 2.30. The first-order valence-corrected chi connectivity index (χ1v) is 13.2. The summed E-state index contributed by atoms with van der Waals surface area (Å²) in [5.41, 5.74) is 9.85. The number of aliphatic hydroxyl groups is 1. The van der Waals surface area contributed by atoms with E-state index >= 15 is 0 Å². The Balaban J connectivity index is 1.15. The van der Waals surface area contributed by atoms with E-state index in [9.17, 15) is 9.50 Å². The molecule has 5 heterocycles. The van der Waals surface area contributed by atoms with Crippen molar-refractivity contribution in [3.8, 4) is 11.3 Å². The number of aromatic nitrogens is 7. The van der Waals surface area contributed by atoms with E-state index in [0.29, 0.717) is 12.5 Å². The van der Waals surface area contributed by atoms with Crippen LogP contribution in [0.5, 0.6) is 0 Å². The van der Waals surface area contributed by atoms with Crippen molar-refractivity contribution in [1.29, 1.82) is 0 Å². The van der Waals surface area contributed by atoms with Crippen molar-refractivity contribution in [2.45, 2.75) is 32.0 Å². The summed E-state index contributed by atoms with van der Waals surface area (Å²) in [5, 5.41) is 14.9. The molecule has 0 radical (unpaired) electrons. The first kappa shape index (κ1) is 25.8. The molecule has 1 fully saturated rings. The maximum atomic E-state index is 13.4. The maximum Gasteiger partial charge on any atom is 0.225 e. The minimum absolute atomic E-state index is 0.300. The van der Waals surface area contributed by atoms with Gasteiger partial charge in [0.2, 0.25) is 5.95 Å². The van der Waals surface area contributed by atoms with Crippen LogP contribution in [0, 0.1) is 5.82 Å². The van der Waals surface area contributed by atoms with Gasteiger partial charge < -0.3 is 25.6 Å². The summed E-state index contributed by atoms with van der Waals surface area (Å²) in [6.45, 7) is 6.98. The number of hydrogen-bond donors (Lipinski definition) is 3. The van der Waals surface area contributed by atoms with Crippen molar-refractivity contribution in [2.24, 2.45) is 5.73 Å². The van der Waals surface area contributed by atoms with Gasteiger partial charge in [-0.15, -0.1) is 0 Å². The fraction of sp³-hybridized carbons (Fsp3) is 0.321. The third-order valence-corrected chi connectivity index (χ3v) is 7.34. The summed E-state index contributed by atoms with van der Waals surface area (Å²) in [7, 11) is 0. The molecule has 6 rings (SSSR count). The lowest BCUT2D eigenvalue weighted by Gasteiger charge is -2.35. The van der Waals surface area contributed by atoms with E-state index in [1.807, 2.05) is 19.2 Å². The third-order valence-electron chi connectivity index (χ3n) is 7.34. The van der Waals surface area contributed by atoms with E-state index in [1.165, 1.54) is 12.1 Å². The summed E-state index contributed by atoms with van der Waals surface area (Å²) in [6, 6.07) is 8.23. The zero-order valence-electron chi connectivity index (χ0n) is 22.4. The monoisotopic (exact) mass is 542 g/mol. The molecule has 12 heteroatoms. The standard InChI is InChI=1S/C28H31FN10O/c1-18(40)15-39-16-19(12-35-39)24-11-23-25(36-24)33-17-34-26(23)37-7-9-38(10-8-37)27-31-13-21(14-32-27)28(2,30)20-3-5-22(29)6-4-20/h3-6,11-14,16-18,40H,7-10,15,30H2,1-2H3,(H,33,34,36). The predicted octanol–water partition coefficient (Wildman–Crippen LogP) is 2.68. The second kappa shape index (κ2) is 10.3. The first-order valence-electron chi connectivity index (χ1n) is 13.2. The van der Waals surface area contributed by atoms with Crippen molar-refractivity contribution in [1.82, 2.24) is 34.7 Å². The lowest BCUT2D eigenvalue weighted by atomic mass is 9.87. The van der Waals surface area contributed by atoms with E-state index in [0.717, 1.165) is 65.4 Å². The van der Waals surface area contributed by atoms with Crippen LogP contribution >= 0.6 is 0 Å². The molecule has 0 aliphatic carbocycles. The minimum atomic E-state index is -0.839. The van der Waals surface area contributed by atoms with Gasteiger partial charge in [0, 0.05) is 55.9 Å². The molecule has 0 saturated carbocycles. The Morgan fingerprint density at radius 1 is 1.00 bits per heavy atom. The molecule has 2 atom stereocenters. The van der Waals surface area contributed by atoms with Crippen LogP contribution in [0.3, 0.4) is 0 Å². The Hall–Kier alpha value is -4.42. The van der Waals surface area contributed by atoms with E-state index < -0.39 is 11.6 Å². The molecule has 1 saturated heterocycles. The molecule has 0 amide bonds. The highest BCUT2D eigenvalue weighted by molar-refractivity contribution is 5.91. The number of aliphatic hydroxyl groups excluding tert-OH is 1. The molecule has 11 nitrogen and oxygen atoms in total. The largest absolute Gasteiger partial charge is 0.391 e. The van der Waals surface area contributed by atoms with E-state index in [1.54, 1.807) is 48.7 Å². The Bertz CT molecular complexity index is 1600. The SMILES string of the molecule is CC(O)Cn1cc(-c2cc3c(N4CCN(c5ncc(C(C)(N)c6ccc(F)cc6)cn5)CC4)ncnc3[nH]2)cn1. The molecule has 4 aromatic heterocycles. The van der Waals surface area contributed by atoms with Gasteiger partial charge in [0.25, 0.3) is 0 Å². The number of aromatic amines is 1. The number of fused-ring (bicyclic) bond motifs is 1. The van der Waals surface area contributed by atoms with Gasteiger partial charge in [-0.2, -0.15) is 5.10 Å². The fourth-order valence-corrected chi connectivity index (χ4v) is 5.04. The van der Waals surface area contributed by atoms with Gasteiger partial charge in [0.05, 0.1) is 35.5 Å². The second-order valence-corrected chi connectivity index (χ2v) is 10.4. The molecular weight excluding hydrogens is 511 g/mol. The average Bonchev–Trinajstić information content (AvgIpc) is 3.60. The van der Waals surface area contributed by atoms with Gasteiger partial charge in [0.15, 0.2) is 0 Å². The van der Waals surface area contributed by atoms with Gasteiger partial charge in [-0.3, -0.25) is 4.68 Å². The number of nitrogens with one attached hydrogen (secondary N) is 1. The predicted molar refractivity (Wildman–Crippen MR) is 150 cm³/mol. The van der Waals surface area contributed by atoms with Crippen LogP contribution in [0.1, 0.15) is 25.0 Å². The molecule has 1 aromatic carbocycles. The molecule has 40 heavy (non-hydrogen) atoms. The molecule has 0 bridgehead atoms. The lowest BCUT2D eigenvalue weighted by molar-refractivity contribution is 0.168. The Labute approximate surface area is 230 Å². The van der Waals surface area contributed by atoms with Crippen LogP contribution in [0.2, 0.25) is 0 Å². The topological polar surface area (TPSA) is 138 Å². The summed E-state index contributed by atoms with van der Waals surface area (Å²) >= 11 is 0. The minimum Gasteiger partial charge on any atom is -0.391 e. The number of benzene rings is 1. The van der Waals surface area contributed by atoms with Crippen LogP contribution in [0.25, 0.3) is 22.3 Å². The van der Waals surface area contributed by atoms with Crippen LogP contribution < -0.4 is 15.5 Å². The molecule has 206 valence electrons. The summed E-state index contributed by atoms with van der Waals surface area (Å²) in [6.07, 6.45) is 8.28. The van der Waals surface area contributed by atoms with Crippen molar-refractivity contribution in [3.63, 3.8) is 0 Å². The number of piperazine rings is 1. The van der Waals surface area contributed by atoms with Crippen molar-refractivity contribution in [3.05, 3.63) is 78.4 Å². The van der Waals surface area contributed by atoms with Gasteiger partial charge in [0.1, 0.15) is 23.6 Å². The zero-order valence-corrected chi connectivity index (χ0v) is 22.4. The Morgan fingerprint density at radius 3 is 2.40 bits per heavy atom. The van der Waals surface area contributed by atoms with Crippen molar-refractivity contribution >= 4 is 22.8 Å². The number of H-pyrrole nitrogens is 1. The van der Waals surface area contributed by atoms with Crippen molar-refractivity contribution in [2.75, 3.05) is 36.0 Å². The Kier molecular flexibility index (Phi) is 6.64.